The number of ether oxygens (including phenoxy) is 1. The zero-order valence-corrected chi connectivity index (χ0v) is 8.59. The van der Waals surface area contributed by atoms with E-state index in [0.717, 1.165) is 0 Å². The van der Waals surface area contributed by atoms with Crippen LogP contribution in [0, 0.1) is 5.82 Å². The summed E-state index contributed by atoms with van der Waals surface area (Å²) in [5, 5.41) is 8.57. The maximum absolute atomic E-state index is 12.8. The third kappa shape index (κ3) is 2.81. The maximum Gasteiger partial charge on any atom is 0.392 e. The molecule has 2 aromatic rings. The van der Waals surface area contributed by atoms with Crippen LogP contribution in [0.25, 0.3) is 0 Å². The lowest BCUT2D eigenvalue weighted by Crippen LogP contribution is -1.96. The van der Waals surface area contributed by atoms with E-state index < -0.39 is 17.7 Å². The van der Waals surface area contributed by atoms with Crippen LogP contribution in [0.1, 0.15) is 16.4 Å². The second-order valence-corrected chi connectivity index (χ2v) is 3.18. The fourth-order valence-corrected chi connectivity index (χ4v) is 1.18. The smallest absolute Gasteiger partial charge is 0.392 e. The zero-order chi connectivity index (χ0) is 12.3. The van der Waals surface area contributed by atoms with Gasteiger partial charge in [-0.1, -0.05) is 6.07 Å². The summed E-state index contributed by atoms with van der Waals surface area (Å²) in [7, 11) is 0. The molecule has 2 rings (SSSR count). The Kier molecular flexibility index (Phi) is 3.04. The van der Waals surface area contributed by atoms with E-state index in [2.05, 4.69) is 4.98 Å². The normalized spacial score (nSPS) is 10.2. The highest BCUT2D eigenvalue weighted by atomic mass is 19.1. The maximum atomic E-state index is 12.8. The topological polar surface area (TPSA) is 72.6 Å². The average molecular weight is 237 g/mol. The molecule has 88 valence electrons. The number of hydrogen-bond donors (Lipinski definition) is 1. The first kappa shape index (κ1) is 11.1. The summed E-state index contributed by atoms with van der Waals surface area (Å²) in [6.45, 7) is -0.0102. The van der Waals surface area contributed by atoms with Crippen LogP contribution >= 0.6 is 0 Å². The largest absolute Gasteiger partial charge is 0.485 e. The van der Waals surface area contributed by atoms with E-state index in [0.29, 0.717) is 5.75 Å². The standard InChI is InChI=1S/C11H8FNO4/c12-7-2-1-3-8(4-7)16-6-9-5-13-10(17-9)11(14)15/h1-5H,6H2,(H,14,15). The van der Waals surface area contributed by atoms with Gasteiger partial charge in [-0.2, -0.15) is 0 Å². The van der Waals surface area contributed by atoms with Crippen LogP contribution in [0.3, 0.4) is 0 Å². The van der Waals surface area contributed by atoms with Crippen LogP contribution in [-0.2, 0) is 6.61 Å². The molecule has 0 spiro atoms. The number of aromatic carboxylic acids is 1. The Morgan fingerprint density at radius 3 is 3.00 bits per heavy atom. The summed E-state index contributed by atoms with van der Waals surface area (Å²) in [5.74, 6) is -1.47. The number of aromatic nitrogens is 1. The molecule has 1 aromatic carbocycles. The molecule has 0 atom stereocenters. The van der Waals surface area contributed by atoms with Crippen LogP contribution in [0.4, 0.5) is 4.39 Å². The van der Waals surface area contributed by atoms with E-state index in [1.54, 1.807) is 6.07 Å². The average Bonchev–Trinajstić information content (AvgIpc) is 2.75. The molecular weight excluding hydrogens is 229 g/mol. The number of carboxylic acid groups (broad SMARTS) is 1. The number of carbonyl (C=O) groups is 1. The molecule has 0 aliphatic heterocycles. The number of nitrogens with zero attached hydrogens (tertiary/aromatic N) is 1. The number of benzene rings is 1. The fourth-order valence-electron chi connectivity index (χ4n) is 1.18. The first-order valence-electron chi connectivity index (χ1n) is 4.71. The van der Waals surface area contributed by atoms with Gasteiger partial charge in [0.25, 0.3) is 0 Å². The second kappa shape index (κ2) is 4.65. The van der Waals surface area contributed by atoms with Crippen molar-refractivity contribution in [3.05, 3.63) is 47.9 Å². The van der Waals surface area contributed by atoms with E-state index in [9.17, 15) is 9.18 Å². The Morgan fingerprint density at radius 1 is 1.53 bits per heavy atom. The van der Waals surface area contributed by atoms with Gasteiger partial charge in [-0.15, -0.1) is 0 Å². The minimum Gasteiger partial charge on any atom is -0.485 e. The molecule has 0 bridgehead atoms. The zero-order valence-electron chi connectivity index (χ0n) is 8.59. The van der Waals surface area contributed by atoms with Gasteiger partial charge in [0, 0.05) is 6.07 Å². The van der Waals surface area contributed by atoms with Gasteiger partial charge in [-0.3, -0.25) is 0 Å². The Morgan fingerprint density at radius 2 is 2.35 bits per heavy atom. The molecule has 6 heteroatoms. The van der Waals surface area contributed by atoms with Crippen LogP contribution in [-0.4, -0.2) is 16.1 Å². The van der Waals surface area contributed by atoms with Crippen molar-refractivity contribution in [1.82, 2.24) is 4.98 Å². The predicted octanol–water partition coefficient (Wildman–Crippen LogP) is 2.09. The highest BCUT2D eigenvalue weighted by Crippen LogP contribution is 2.14. The molecule has 0 aliphatic carbocycles. The highest BCUT2D eigenvalue weighted by Gasteiger charge is 2.11. The summed E-state index contributed by atoms with van der Waals surface area (Å²) < 4.78 is 22.9. The molecule has 17 heavy (non-hydrogen) atoms. The van der Waals surface area contributed by atoms with Crippen molar-refractivity contribution in [2.24, 2.45) is 0 Å². The van der Waals surface area contributed by atoms with Crippen LogP contribution < -0.4 is 4.74 Å². The molecule has 0 amide bonds. The number of carboxylic acids is 1. The lowest BCUT2D eigenvalue weighted by atomic mass is 10.3. The van der Waals surface area contributed by atoms with Crippen molar-refractivity contribution in [1.29, 1.82) is 0 Å². The third-order valence-electron chi connectivity index (χ3n) is 1.91. The van der Waals surface area contributed by atoms with Crippen molar-refractivity contribution < 1.29 is 23.4 Å². The molecule has 0 saturated carbocycles. The van der Waals surface area contributed by atoms with E-state index in [4.69, 9.17) is 14.3 Å². The molecule has 0 aliphatic rings. The predicted molar refractivity (Wildman–Crippen MR) is 54.2 cm³/mol. The summed E-state index contributed by atoms with van der Waals surface area (Å²) in [5.41, 5.74) is 0. The Hall–Kier alpha value is -2.37. The monoisotopic (exact) mass is 237 g/mol. The van der Waals surface area contributed by atoms with Gasteiger partial charge in [0.1, 0.15) is 18.2 Å². The minimum absolute atomic E-state index is 0.0102. The lowest BCUT2D eigenvalue weighted by Gasteiger charge is -2.02. The third-order valence-corrected chi connectivity index (χ3v) is 1.91. The van der Waals surface area contributed by atoms with Gasteiger partial charge < -0.3 is 14.3 Å². The fraction of sp³-hybridized carbons (Fsp3) is 0.0909. The van der Waals surface area contributed by atoms with E-state index in [-0.39, 0.29) is 12.4 Å². The number of hydrogen-bond acceptors (Lipinski definition) is 4. The highest BCUT2D eigenvalue weighted by molar-refractivity contribution is 5.81. The number of oxazole rings is 1. The molecule has 1 aromatic heterocycles. The van der Waals surface area contributed by atoms with Gasteiger partial charge in [-0.25, -0.2) is 14.2 Å². The lowest BCUT2D eigenvalue weighted by molar-refractivity contribution is 0.0649. The quantitative estimate of drug-likeness (QED) is 0.881. The molecule has 1 N–H and O–H groups in total. The summed E-state index contributed by atoms with van der Waals surface area (Å²) in [6.07, 6.45) is 1.25. The van der Waals surface area contributed by atoms with Gasteiger partial charge in [0.05, 0.1) is 6.20 Å². The van der Waals surface area contributed by atoms with Gasteiger partial charge in [0.15, 0.2) is 5.76 Å². The van der Waals surface area contributed by atoms with Gasteiger partial charge in [0.2, 0.25) is 0 Å². The SMILES string of the molecule is O=C(O)c1ncc(COc2cccc(F)c2)o1. The van der Waals surface area contributed by atoms with Crippen molar-refractivity contribution in [2.45, 2.75) is 6.61 Å². The Balaban J connectivity index is 2.00. The summed E-state index contributed by atoms with van der Waals surface area (Å²) in [6, 6.07) is 5.60. The number of halogens is 1. The Bertz CT molecular complexity index is 538. The van der Waals surface area contributed by atoms with E-state index >= 15 is 0 Å². The van der Waals surface area contributed by atoms with Crippen LogP contribution in [0.15, 0.2) is 34.9 Å². The molecular formula is C11H8FNO4. The van der Waals surface area contributed by atoms with E-state index in [1.165, 1.54) is 24.4 Å². The van der Waals surface area contributed by atoms with Crippen molar-refractivity contribution in [3.8, 4) is 5.75 Å². The summed E-state index contributed by atoms with van der Waals surface area (Å²) >= 11 is 0. The van der Waals surface area contributed by atoms with Crippen molar-refractivity contribution in [3.63, 3.8) is 0 Å². The summed E-state index contributed by atoms with van der Waals surface area (Å²) in [4.78, 5) is 14.0. The first-order valence-corrected chi connectivity index (χ1v) is 4.71. The van der Waals surface area contributed by atoms with Gasteiger partial charge in [-0.05, 0) is 12.1 Å². The minimum atomic E-state index is -1.25. The molecule has 0 fully saturated rings. The molecule has 1 heterocycles. The van der Waals surface area contributed by atoms with Crippen molar-refractivity contribution >= 4 is 5.97 Å². The first-order chi connectivity index (χ1) is 8.15. The molecule has 5 nitrogen and oxygen atoms in total. The van der Waals surface area contributed by atoms with Crippen LogP contribution in [0.2, 0.25) is 0 Å². The molecule has 0 saturated heterocycles. The van der Waals surface area contributed by atoms with E-state index in [1.807, 2.05) is 0 Å². The van der Waals surface area contributed by atoms with Crippen molar-refractivity contribution in [2.75, 3.05) is 0 Å². The number of rotatable bonds is 4. The van der Waals surface area contributed by atoms with Gasteiger partial charge >= 0.3 is 11.9 Å². The second-order valence-electron chi connectivity index (χ2n) is 3.18. The molecule has 0 radical (unpaired) electrons. The Labute approximate surface area is 95.5 Å². The van der Waals surface area contributed by atoms with Crippen LogP contribution in [0.5, 0.6) is 5.75 Å². The molecule has 0 unspecified atom stereocenters.